The molecule has 40 heavy (non-hydrogen) atoms. The summed E-state index contributed by atoms with van der Waals surface area (Å²) in [6.07, 6.45) is 0. The summed E-state index contributed by atoms with van der Waals surface area (Å²) in [5, 5.41) is 32.1. The zero-order chi connectivity index (χ0) is 27.9. The smallest absolute Gasteiger partial charge is 0.159 e. The Bertz CT molecular complexity index is 1820. The van der Waals surface area contributed by atoms with Gasteiger partial charge in [-0.1, -0.05) is 91.0 Å². The molecule has 0 radical (unpaired) electrons. The molecule has 0 spiro atoms. The molecule has 0 aliphatic rings. The third-order valence-corrected chi connectivity index (χ3v) is 6.69. The molecule has 5 aromatic carbocycles. The van der Waals surface area contributed by atoms with E-state index in [2.05, 4.69) is 16.0 Å². The summed E-state index contributed by atoms with van der Waals surface area (Å²) in [7, 11) is 0. The summed E-state index contributed by atoms with van der Waals surface area (Å²) in [6.45, 7) is 1.08. The maximum atomic E-state index is 12.4. The number of hydrogen-bond donors (Lipinski definition) is 5. The van der Waals surface area contributed by atoms with Crippen molar-refractivity contribution in [2.45, 2.75) is 19.6 Å². The van der Waals surface area contributed by atoms with Crippen molar-refractivity contribution in [1.82, 2.24) is 0 Å². The second kappa shape index (κ2) is 11.9. The molecule has 0 atom stereocenters. The lowest BCUT2D eigenvalue weighted by Crippen LogP contribution is -2.22. The van der Waals surface area contributed by atoms with E-state index in [0.717, 1.165) is 16.7 Å². The normalized spacial score (nSPS) is 10.5. The van der Waals surface area contributed by atoms with Crippen LogP contribution in [0.15, 0.2) is 97.1 Å². The molecule has 5 N–H and O–H groups in total. The Morgan fingerprint density at radius 2 is 0.975 bits per heavy atom. The first-order chi connectivity index (χ1) is 19.6. The highest BCUT2D eigenvalue weighted by atomic mass is 16.3. The van der Waals surface area contributed by atoms with Crippen LogP contribution in [-0.2, 0) is 29.2 Å². The second-order valence-electron chi connectivity index (χ2n) is 9.27. The minimum atomic E-state index is -0.485. The van der Waals surface area contributed by atoms with E-state index in [1.165, 1.54) is 0 Å². The van der Waals surface area contributed by atoms with E-state index in [-0.39, 0.29) is 39.2 Å². The Morgan fingerprint density at radius 1 is 0.525 bits per heavy atom. The van der Waals surface area contributed by atoms with Gasteiger partial charge in [-0.05, 0) is 22.8 Å². The van der Waals surface area contributed by atoms with Gasteiger partial charge in [0.15, 0.2) is 5.75 Å². The van der Waals surface area contributed by atoms with Gasteiger partial charge in [-0.25, -0.2) is 9.59 Å². The predicted molar refractivity (Wildman–Crippen MR) is 157 cm³/mol. The molecule has 5 aromatic rings. The molecule has 7 heteroatoms. The summed E-state index contributed by atoms with van der Waals surface area (Å²) in [5.74, 6) is 2.96. The largest absolute Gasteiger partial charge is 0.505 e. The van der Waals surface area contributed by atoms with Crippen molar-refractivity contribution >= 4 is 39.7 Å². The molecule has 0 bridgehead atoms. The summed E-state index contributed by atoms with van der Waals surface area (Å²) >= 11 is 0. The number of anilines is 3. The van der Waals surface area contributed by atoms with Crippen molar-refractivity contribution in [3.8, 4) is 11.5 Å². The fourth-order valence-corrected chi connectivity index (χ4v) is 4.68. The molecule has 0 unspecified atom stereocenters. The molecule has 5 rings (SSSR count). The van der Waals surface area contributed by atoms with Crippen LogP contribution in [0.1, 0.15) is 16.7 Å². The van der Waals surface area contributed by atoms with E-state index in [0.29, 0.717) is 24.5 Å². The van der Waals surface area contributed by atoms with Crippen molar-refractivity contribution in [3.05, 3.63) is 124 Å². The summed E-state index contributed by atoms with van der Waals surface area (Å²) < 4.78 is 0. The number of hydrogen-bond acceptors (Lipinski definition) is 7. The highest BCUT2D eigenvalue weighted by Crippen LogP contribution is 2.37. The molecular weight excluding hydrogens is 502 g/mol. The van der Waals surface area contributed by atoms with E-state index in [1.54, 1.807) is 12.0 Å². The third-order valence-electron chi connectivity index (χ3n) is 6.69. The highest BCUT2D eigenvalue weighted by molar-refractivity contribution is 6.07. The minimum Gasteiger partial charge on any atom is -0.505 e. The third kappa shape index (κ3) is 5.38. The average molecular weight is 530 g/mol. The molecule has 0 aliphatic heterocycles. The molecule has 0 fully saturated rings. The lowest BCUT2D eigenvalue weighted by molar-refractivity contribution is 0.468. The summed E-state index contributed by atoms with van der Waals surface area (Å²) in [4.78, 5) is 24.7. The number of benzene rings is 5. The lowest BCUT2D eigenvalue weighted by Gasteiger charge is -2.18. The molecule has 0 aliphatic carbocycles. The van der Waals surface area contributed by atoms with Gasteiger partial charge in [0, 0.05) is 30.7 Å². The standard InChI is InChI=1S/C33H27N3O4/c37-20-25-29-27(34-17-22-10-4-1-5-11-22)16-28(35-18-23-12-6-2-7-13-23)33(40)30(29)26(21-38)32(39)31(25)36-19-24-14-8-3-9-15-24/h1-16,34-36,39-40H,17-19H2. The highest BCUT2D eigenvalue weighted by Gasteiger charge is 2.21. The van der Waals surface area contributed by atoms with E-state index in [1.807, 2.05) is 96.9 Å². The molecule has 7 nitrogen and oxygen atoms in total. The maximum absolute atomic E-state index is 12.4. The van der Waals surface area contributed by atoms with Crippen LogP contribution >= 0.6 is 0 Å². The van der Waals surface area contributed by atoms with Gasteiger partial charge in [-0.3, -0.25) is 0 Å². The van der Waals surface area contributed by atoms with E-state index in [9.17, 15) is 19.8 Å². The van der Waals surface area contributed by atoms with Gasteiger partial charge in [-0.15, -0.1) is 0 Å². The Balaban J connectivity index is 1.69. The SMILES string of the molecule is O=C=c1c(NCc2ccccc2)c(O)c(=C=O)c2c(O)c(NCc3ccccc3)cc(NCc3ccccc3)c12. The number of aromatic hydroxyl groups is 2. The molecule has 0 amide bonds. The first kappa shape index (κ1) is 26.1. The number of carbonyl (C=O) groups excluding carboxylic acids is 2. The van der Waals surface area contributed by atoms with Crippen molar-refractivity contribution in [1.29, 1.82) is 0 Å². The molecule has 0 saturated carbocycles. The van der Waals surface area contributed by atoms with Gasteiger partial charge >= 0.3 is 0 Å². The summed E-state index contributed by atoms with van der Waals surface area (Å²) in [5.41, 5.74) is 3.71. The topological polar surface area (TPSA) is 111 Å². The van der Waals surface area contributed by atoms with E-state index >= 15 is 0 Å². The molecule has 0 aromatic heterocycles. The van der Waals surface area contributed by atoms with E-state index in [4.69, 9.17) is 0 Å². The Kier molecular flexibility index (Phi) is 7.79. The fraction of sp³-hybridized carbons (Fsp3) is 0.0909. The minimum absolute atomic E-state index is 0.00438. The van der Waals surface area contributed by atoms with E-state index < -0.39 is 5.75 Å². The van der Waals surface area contributed by atoms with Crippen molar-refractivity contribution < 1.29 is 19.8 Å². The van der Waals surface area contributed by atoms with Gasteiger partial charge < -0.3 is 26.2 Å². The van der Waals surface area contributed by atoms with Crippen molar-refractivity contribution in [2.24, 2.45) is 0 Å². The van der Waals surface area contributed by atoms with Gasteiger partial charge in [0.2, 0.25) is 0 Å². The first-order valence-electron chi connectivity index (χ1n) is 12.8. The van der Waals surface area contributed by atoms with Crippen LogP contribution in [0.4, 0.5) is 17.1 Å². The number of phenolic OH excluding ortho intramolecular Hbond substituents is 2. The molecule has 198 valence electrons. The second-order valence-corrected chi connectivity index (χ2v) is 9.27. The van der Waals surface area contributed by atoms with Gasteiger partial charge in [0.25, 0.3) is 0 Å². The lowest BCUT2D eigenvalue weighted by atomic mass is 9.99. The Labute approximate surface area is 230 Å². The van der Waals surface area contributed by atoms with Crippen LogP contribution in [0.2, 0.25) is 0 Å². The summed E-state index contributed by atoms with van der Waals surface area (Å²) in [6, 6.07) is 30.4. The number of fused-ring (bicyclic) bond motifs is 1. The molecule has 0 saturated heterocycles. The van der Waals surface area contributed by atoms with Gasteiger partial charge in [0.05, 0.1) is 22.0 Å². The molecule has 0 heterocycles. The quantitative estimate of drug-likeness (QED) is 0.144. The Hall–Kier alpha value is -5.48. The molecular formula is C33H27N3O4. The first-order valence-corrected chi connectivity index (χ1v) is 12.8. The number of phenols is 2. The zero-order valence-corrected chi connectivity index (χ0v) is 21.6. The zero-order valence-electron chi connectivity index (χ0n) is 21.6. The predicted octanol–water partition coefficient (Wildman–Crippen LogP) is 4.09. The van der Waals surface area contributed by atoms with Crippen molar-refractivity contribution in [2.75, 3.05) is 16.0 Å². The number of rotatable bonds is 9. The monoisotopic (exact) mass is 529 g/mol. The van der Waals surface area contributed by atoms with Gasteiger partial charge in [0.1, 0.15) is 22.9 Å². The van der Waals surface area contributed by atoms with Crippen LogP contribution in [-0.4, -0.2) is 22.1 Å². The Morgan fingerprint density at radius 3 is 1.45 bits per heavy atom. The maximum Gasteiger partial charge on any atom is 0.159 e. The van der Waals surface area contributed by atoms with Crippen LogP contribution < -0.4 is 26.4 Å². The van der Waals surface area contributed by atoms with Crippen LogP contribution in [0, 0.1) is 0 Å². The van der Waals surface area contributed by atoms with Crippen LogP contribution in [0.25, 0.3) is 10.8 Å². The van der Waals surface area contributed by atoms with Crippen molar-refractivity contribution in [3.63, 3.8) is 0 Å². The number of nitrogens with one attached hydrogen (secondary N) is 3. The average Bonchev–Trinajstić information content (AvgIpc) is 3.00. The fourth-order valence-electron chi connectivity index (χ4n) is 4.68. The van der Waals surface area contributed by atoms with Gasteiger partial charge in [-0.2, -0.15) is 0 Å². The van der Waals surface area contributed by atoms with Crippen LogP contribution in [0.3, 0.4) is 0 Å². The van der Waals surface area contributed by atoms with Crippen LogP contribution in [0.5, 0.6) is 11.5 Å².